The van der Waals surface area contributed by atoms with Crippen LogP contribution in [0.3, 0.4) is 0 Å². The monoisotopic (exact) mass is 300 g/mol. The first kappa shape index (κ1) is 18.7. The highest BCUT2D eigenvalue weighted by Gasteiger charge is 2.06. The Labute approximate surface area is 127 Å². The topological polar surface area (TPSA) is 50.4 Å². The molecule has 0 aliphatic carbocycles. The molecule has 0 saturated carbocycles. The summed E-state index contributed by atoms with van der Waals surface area (Å²) in [7, 11) is 1.84. The van der Waals surface area contributed by atoms with Gasteiger partial charge in [0.1, 0.15) is 5.75 Å². The van der Waals surface area contributed by atoms with E-state index in [0.717, 1.165) is 11.3 Å². The van der Waals surface area contributed by atoms with Crippen LogP contribution in [-0.4, -0.2) is 26.1 Å². The second-order valence-corrected chi connectivity index (χ2v) is 4.94. The van der Waals surface area contributed by atoms with Crippen LogP contribution in [0, 0.1) is 5.92 Å². The van der Waals surface area contributed by atoms with Crippen LogP contribution < -0.4 is 15.4 Å². The summed E-state index contributed by atoms with van der Waals surface area (Å²) in [5.74, 6) is 1.39. The van der Waals surface area contributed by atoms with Gasteiger partial charge in [0, 0.05) is 25.1 Å². The minimum atomic E-state index is 0. The minimum Gasteiger partial charge on any atom is -0.493 e. The van der Waals surface area contributed by atoms with Gasteiger partial charge in [-0.2, -0.15) is 0 Å². The molecule has 0 bridgehead atoms. The van der Waals surface area contributed by atoms with E-state index in [0.29, 0.717) is 32.0 Å². The first-order valence-corrected chi connectivity index (χ1v) is 6.75. The third-order valence-electron chi connectivity index (χ3n) is 2.62. The van der Waals surface area contributed by atoms with E-state index in [9.17, 15) is 4.79 Å². The van der Waals surface area contributed by atoms with Gasteiger partial charge in [-0.25, -0.2) is 0 Å². The van der Waals surface area contributed by atoms with E-state index >= 15 is 0 Å². The summed E-state index contributed by atoms with van der Waals surface area (Å²) in [6, 6.07) is 7.82. The molecule has 0 atom stereocenters. The van der Waals surface area contributed by atoms with Gasteiger partial charge in [0.05, 0.1) is 6.61 Å². The van der Waals surface area contributed by atoms with E-state index in [1.165, 1.54) is 0 Å². The molecule has 0 unspecified atom stereocenters. The second kappa shape index (κ2) is 10.5. The van der Waals surface area contributed by atoms with Gasteiger partial charge in [-0.15, -0.1) is 12.4 Å². The SMILES string of the molecule is CNCCC(=O)NCc1ccccc1OCC(C)C.Cl. The molecule has 1 aromatic carbocycles. The molecule has 1 aromatic rings. The predicted molar refractivity (Wildman–Crippen MR) is 84.4 cm³/mol. The molecule has 2 N–H and O–H groups in total. The molecular formula is C15H25ClN2O2. The zero-order valence-corrected chi connectivity index (χ0v) is 13.3. The Kier molecular flexibility index (Phi) is 9.86. The Morgan fingerprint density at radius 3 is 2.65 bits per heavy atom. The van der Waals surface area contributed by atoms with Gasteiger partial charge in [-0.05, 0) is 19.0 Å². The third-order valence-corrected chi connectivity index (χ3v) is 2.62. The van der Waals surface area contributed by atoms with E-state index in [1.54, 1.807) is 0 Å². The number of halogens is 1. The summed E-state index contributed by atoms with van der Waals surface area (Å²) in [4.78, 5) is 11.6. The van der Waals surface area contributed by atoms with Crippen molar-refractivity contribution in [2.45, 2.75) is 26.8 Å². The molecule has 20 heavy (non-hydrogen) atoms. The number of hydrogen-bond donors (Lipinski definition) is 2. The number of benzene rings is 1. The molecule has 0 spiro atoms. The fraction of sp³-hybridized carbons (Fsp3) is 0.533. The molecule has 0 radical (unpaired) electrons. The number of carbonyl (C=O) groups is 1. The quantitative estimate of drug-likeness (QED) is 0.775. The highest BCUT2D eigenvalue weighted by molar-refractivity contribution is 5.85. The van der Waals surface area contributed by atoms with Gasteiger partial charge >= 0.3 is 0 Å². The number of rotatable bonds is 8. The van der Waals surface area contributed by atoms with Gasteiger partial charge in [-0.3, -0.25) is 4.79 Å². The van der Waals surface area contributed by atoms with Gasteiger partial charge in [0.25, 0.3) is 0 Å². The Morgan fingerprint density at radius 1 is 1.30 bits per heavy atom. The van der Waals surface area contributed by atoms with Crippen molar-refractivity contribution in [3.05, 3.63) is 29.8 Å². The van der Waals surface area contributed by atoms with Gasteiger partial charge in [0.15, 0.2) is 0 Å². The van der Waals surface area contributed by atoms with Crippen LogP contribution >= 0.6 is 12.4 Å². The first-order valence-electron chi connectivity index (χ1n) is 6.75. The number of ether oxygens (including phenoxy) is 1. The van der Waals surface area contributed by atoms with Gasteiger partial charge < -0.3 is 15.4 Å². The maximum atomic E-state index is 11.6. The van der Waals surface area contributed by atoms with Crippen LogP contribution in [0.1, 0.15) is 25.8 Å². The molecule has 4 nitrogen and oxygen atoms in total. The smallest absolute Gasteiger partial charge is 0.221 e. The molecule has 0 aliphatic heterocycles. The fourth-order valence-electron chi connectivity index (χ4n) is 1.57. The Morgan fingerprint density at radius 2 is 2.00 bits per heavy atom. The number of hydrogen-bond acceptors (Lipinski definition) is 3. The lowest BCUT2D eigenvalue weighted by molar-refractivity contribution is -0.121. The normalized spacial score (nSPS) is 10.0. The van der Waals surface area contributed by atoms with E-state index in [-0.39, 0.29) is 18.3 Å². The second-order valence-electron chi connectivity index (χ2n) is 4.94. The molecule has 0 fully saturated rings. The largest absolute Gasteiger partial charge is 0.493 e. The maximum Gasteiger partial charge on any atom is 0.221 e. The van der Waals surface area contributed by atoms with E-state index in [4.69, 9.17) is 4.74 Å². The van der Waals surface area contributed by atoms with Crippen LogP contribution in [0.5, 0.6) is 5.75 Å². The summed E-state index contributed by atoms with van der Waals surface area (Å²) in [5, 5.41) is 5.86. The zero-order valence-electron chi connectivity index (χ0n) is 12.4. The fourth-order valence-corrected chi connectivity index (χ4v) is 1.57. The summed E-state index contributed by atoms with van der Waals surface area (Å²) >= 11 is 0. The van der Waals surface area contributed by atoms with Crippen LogP contribution in [-0.2, 0) is 11.3 Å². The standard InChI is InChI=1S/C15H24N2O2.ClH/c1-12(2)11-19-14-7-5-4-6-13(14)10-17-15(18)8-9-16-3;/h4-7,12,16H,8-11H2,1-3H3,(H,17,18);1H. The summed E-state index contributed by atoms with van der Waals surface area (Å²) in [5.41, 5.74) is 1.01. The number of para-hydroxylation sites is 1. The zero-order chi connectivity index (χ0) is 14.1. The summed E-state index contributed by atoms with van der Waals surface area (Å²) in [6.07, 6.45) is 0.492. The van der Waals surface area contributed by atoms with Crippen molar-refractivity contribution in [2.24, 2.45) is 5.92 Å². The maximum absolute atomic E-state index is 11.6. The third kappa shape index (κ3) is 7.36. The first-order chi connectivity index (χ1) is 9.13. The predicted octanol–water partition coefficient (Wildman–Crippen LogP) is 2.37. The molecular weight excluding hydrogens is 276 g/mol. The van der Waals surface area contributed by atoms with Crippen molar-refractivity contribution in [3.63, 3.8) is 0 Å². The molecule has 0 saturated heterocycles. The molecule has 114 valence electrons. The van der Waals surface area contributed by atoms with Crippen molar-refractivity contribution in [1.29, 1.82) is 0 Å². The van der Waals surface area contributed by atoms with E-state index in [1.807, 2.05) is 31.3 Å². The molecule has 0 heterocycles. The van der Waals surface area contributed by atoms with E-state index in [2.05, 4.69) is 24.5 Å². The Balaban J connectivity index is 0.00000361. The van der Waals surface area contributed by atoms with Crippen LogP contribution in [0.4, 0.5) is 0 Å². The molecule has 0 aliphatic rings. The number of carbonyl (C=O) groups excluding carboxylic acids is 1. The average molecular weight is 301 g/mol. The van der Waals surface area contributed by atoms with Crippen molar-refractivity contribution in [3.8, 4) is 5.75 Å². The van der Waals surface area contributed by atoms with Crippen molar-refractivity contribution < 1.29 is 9.53 Å². The minimum absolute atomic E-state index is 0. The van der Waals surface area contributed by atoms with Crippen LogP contribution in [0.15, 0.2) is 24.3 Å². The van der Waals surface area contributed by atoms with Gasteiger partial charge in [-0.1, -0.05) is 32.0 Å². The van der Waals surface area contributed by atoms with Crippen molar-refractivity contribution >= 4 is 18.3 Å². The lowest BCUT2D eigenvalue weighted by atomic mass is 10.2. The van der Waals surface area contributed by atoms with Crippen LogP contribution in [0.25, 0.3) is 0 Å². The number of amides is 1. The summed E-state index contributed by atoms with van der Waals surface area (Å²) in [6.45, 7) is 6.11. The highest BCUT2D eigenvalue weighted by Crippen LogP contribution is 2.18. The molecule has 1 amide bonds. The molecule has 0 aromatic heterocycles. The summed E-state index contributed by atoms with van der Waals surface area (Å²) < 4.78 is 5.75. The van der Waals surface area contributed by atoms with Crippen molar-refractivity contribution in [2.75, 3.05) is 20.2 Å². The lowest BCUT2D eigenvalue weighted by Crippen LogP contribution is -2.26. The van der Waals surface area contributed by atoms with Crippen molar-refractivity contribution in [1.82, 2.24) is 10.6 Å². The van der Waals surface area contributed by atoms with E-state index < -0.39 is 0 Å². The lowest BCUT2D eigenvalue weighted by Gasteiger charge is -2.13. The average Bonchev–Trinajstić information content (AvgIpc) is 2.41. The van der Waals surface area contributed by atoms with Crippen LogP contribution in [0.2, 0.25) is 0 Å². The Hall–Kier alpha value is -1.26. The van der Waals surface area contributed by atoms with Gasteiger partial charge in [0.2, 0.25) is 5.91 Å². The molecule has 1 rings (SSSR count). The molecule has 5 heteroatoms. The number of nitrogens with one attached hydrogen (secondary N) is 2. The Bertz CT molecular complexity index is 397. The highest BCUT2D eigenvalue weighted by atomic mass is 35.5.